The number of benzene rings is 1. The monoisotopic (exact) mass is 253 g/mol. The van der Waals surface area contributed by atoms with E-state index in [1.54, 1.807) is 6.07 Å². The van der Waals surface area contributed by atoms with Gasteiger partial charge >= 0.3 is 0 Å². The highest BCUT2D eigenvalue weighted by Crippen LogP contribution is 2.21. The van der Waals surface area contributed by atoms with E-state index in [0.29, 0.717) is 23.7 Å². The van der Waals surface area contributed by atoms with Crippen molar-refractivity contribution in [2.75, 3.05) is 12.3 Å². The second-order valence-corrected chi connectivity index (χ2v) is 4.13. The van der Waals surface area contributed by atoms with Gasteiger partial charge in [-0.15, -0.1) is 0 Å². The lowest BCUT2D eigenvalue weighted by atomic mass is 10.1. The highest BCUT2D eigenvalue weighted by Gasteiger charge is 2.06. The number of aromatic nitrogens is 1. The molecule has 0 aliphatic carbocycles. The molecule has 2 N–H and O–H groups in total. The molecule has 2 rings (SSSR count). The van der Waals surface area contributed by atoms with Gasteiger partial charge in [-0.3, -0.25) is 0 Å². The van der Waals surface area contributed by atoms with Gasteiger partial charge < -0.3 is 10.5 Å². The second-order valence-electron chi connectivity index (χ2n) is 4.13. The van der Waals surface area contributed by atoms with Crippen LogP contribution in [0.1, 0.15) is 17.5 Å². The normalized spacial score (nSPS) is 9.84. The van der Waals surface area contributed by atoms with Crippen LogP contribution in [0.25, 0.3) is 0 Å². The Hall–Kier alpha value is -2.54. The minimum Gasteiger partial charge on any atom is -0.476 e. The highest BCUT2D eigenvalue weighted by atomic mass is 16.5. The first-order valence-electron chi connectivity index (χ1n) is 6.12. The minimum atomic E-state index is 0.310. The molecule has 0 atom stereocenters. The van der Waals surface area contributed by atoms with E-state index in [-0.39, 0.29) is 0 Å². The summed E-state index contributed by atoms with van der Waals surface area (Å²) in [5, 5.41) is 8.85. The van der Waals surface area contributed by atoms with Gasteiger partial charge in [-0.25, -0.2) is 4.98 Å². The molecular weight excluding hydrogens is 238 g/mol. The number of anilines is 1. The molecule has 2 aromatic rings. The molecule has 19 heavy (non-hydrogen) atoms. The average Bonchev–Trinajstić information content (AvgIpc) is 2.46. The zero-order chi connectivity index (χ0) is 13.5. The van der Waals surface area contributed by atoms with Gasteiger partial charge in [-0.05, 0) is 24.5 Å². The molecule has 4 nitrogen and oxygen atoms in total. The quantitative estimate of drug-likeness (QED) is 0.831. The second kappa shape index (κ2) is 6.41. The van der Waals surface area contributed by atoms with E-state index in [1.807, 2.05) is 24.3 Å². The number of ether oxygens (including phenoxy) is 1. The van der Waals surface area contributed by atoms with Crippen molar-refractivity contribution in [2.45, 2.75) is 12.8 Å². The largest absolute Gasteiger partial charge is 0.476 e. The number of nitriles is 1. The van der Waals surface area contributed by atoms with E-state index in [0.717, 1.165) is 12.8 Å². The van der Waals surface area contributed by atoms with Crippen molar-refractivity contribution in [1.82, 2.24) is 4.98 Å². The predicted octanol–water partition coefficient (Wildman–Crippen LogP) is 2.55. The SMILES string of the molecule is N#Cc1ccnc(OCCCc2ccccc2)c1N. The van der Waals surface area contributed by atoms with Crippen LogP contribution in [0.3, 0.4) is 0 Å². The van der Waals surface area contributed by atoms with Crippen molar-refractivity contribution in [1.29, 1.82) is 5.26 Å². The summed E-state index contributed by atoms with van der Waals surface area (Å²) in [5.41, 5.74) is 7.76. The Balaban J connectivity index is 1.85. The van der Waals surface area contributed by atoms with Crippen LogP contribution < -0.4 is 10.5 Å². The van der Waals surface area contributed by atoms with Crippen molar-refractivity contribution in [3.63, 3.8) is 0 Å². The van der Waals surface area contributed by atoms with Crippen molar-refractivity contribution < 1.29 is 4.74 Å². The van der Waals surface area contributed by atoms with E-state index in [1.165, 1.54) is 11.8 Å². The van der Waals surface area contributed by atoms with Gasteiger partial charge in [0.15, 0.2) is 0 Å². The Morgan fingerprint density at radius 1 is 1.21 bits per heavy atom. The van der Waals surface area contributed by atoms with Crippen LogP contribution in [0.2, 0.25) is 0 Å². The predicted molar refractivity (Wildman–Crippen MR) is 73.6 cm³/mol. The maximum atomic E-state index is 8.85. The molecule has 0 saturated carbocycles. The third-order valence-corrected chi connectivity index (χ3v) is 2.77. The minimum absolute atomic E-state index is 0.310. The summed E-state index contributed by atoms with van der Waals surface area (Å²) in [6, 6.07) is 13.8. The van der Waals surface area contributed by atoms with Crippen LogP contribution >= 0.6 is 0 Å². The number of aryl methyl sites for hydroxylation is 1. The summed E-state index contributed by atoms with van der Waals surface area (Å²) in [6.45, 7) is 0.529. The Labute approximate surface area is 112 Å². The van der Waals surface area contributed by atoms with E-state index in [9.17, 15) is 0 Å². The lowest BCUT2D eigenvalue weighted by Crippen LogP contribution is -2.04. The van der Waals surface area contributed by atoms with Gasteiger partial charge in [0.2, 0.25) is 5.88 Å². The molecule has 1 aromatic carbocycles. The van der Waals surface area contributed by atoms with Crippen molar-refractivity contribution >= 4 is 5.69 Å². The fraction of sp³-hybridized carbons (Fsp3) is 0.200. The number of nitrogen functional groups attached to an aromatic ring is 1. The molecule has 0 bridgehead atoms. The first-order valence-corrected chi connectivity index (χ1v) is 6.12. The lowest BCUT2D eigenvalue weighted by Gasteiger charge is -2.08. The molecule has 96 valence electrons. The Morgan fingerprint density at radius 2 is 2.00 bits per heavy atom. The zero-order valence-corrected chi connectivity index (χ0v) is 10.5. The molecular formula is C15H15N3O. The highest BCUT2D eigenvalue weighted by molar-refractivity contribution is 5.59. The number of pyridine rings is 1. The van der Waals surface area contributed by atoms with E-state index in [2.05, 4.69) is 17.1 Å². The number of hydrogen-bond acceptors (Lipinski definition) is 4. The molecule has 0 fully saturated rings. The van der Waals surface area contributed by atoms with Gasteiger partial charge in [-0.1, -0.05) is 30.3 Å². The standard InChI is InChI=1S/C15H15N3O/c16-11-13-8-9-18-15(14(13)17)19-10-4-7-12-5-2-1-3-6-12/h1-3,5-6,8-9H,4,7,10,17H2. The van der Waals surface area contributed by atoms with Crippen molar-refractivity contribution in [3.8, 4) is 11.9 Å². The zero-order valence-electron chi connectivity index (χ0n) is 10.5. The lowest BCUT2D eigenvalue weighted by molar-refractivity contribution is 0.301. The number of nitrogens with two attached hydrogens (primary N) is 1. The van der Waals surface area contributed by atoms with Gasteiger partial charge in [0, 0.05) is 6.20 Å². The topological polar surface area (TPSA) is 71.9 Å². The van der Waals surface area contributed by atoms with Crippen LogP contribution in [0.5, 0.6) is 5.88 Å². The molecule has 1 aromatic heterocycles. The molecule has 4 heteroatoms. The summed E-state index contributed by atoms with van der Waals surface area (Å²) in [5.74, 6) is 0.340. The Bertz CT molecular complexity index is 576. The molecule has 0 saturated heterocycles. The summed E-state index contributed by atoms with van der Waals surface area (Å²) in [6.07, 6.45) is 3.35. The number of nitrogens with zero attached hydrogens (tertiary/aromatic N) is 2. The van der Waals surface area contributed by atoms with E-state index < -0.39 is 0 Å². The van der Waals surface area contributed by atoms with Crippen molar-refractivity contribution in [3.05, 3.63) is 53.7 Å². The molecule has 0 spiro atoms. The molecule has 0 aliphatic rings. The van der Waals surface area contributed by atoms with Crippen LogP contribution in [-0.2, 0) is 6.42 Å². The van der Waals surface area contributed by atoms with E-state index >= 15 is 0 Å². The first kappa shape index (κ1) is 12.9. The molecule has 0 unspecified atom stereocenters. The fourth-order valence-electron chi connectivity index (χ4n) is 1.76. The molecule has 0 aliphatic heterocycles. The Morgan fingerprint density at radius 3 is 2.74 bits per heavy atom. The third kappa shape index (κ3) is 3.46. The third-order valence-electron chi connectivity index (χ3n) is 2.77. The maximum absolute atomic E-state index is 8.85. The summed E-state index contributed by atoms with van der Waals surface area (Å²) in [7, 11) is 0. The maximum Gasteiger partial charge on any atom is 0.238 e. The summed E-state index contributed by atoms with van der Waals surface area (Å²) >= 11 is 0. The van der Waals surface area contributed by atoms with Crippen LogP contribution in [-0.4, -0.2) is 11.6 Å². The van der Waals surface area contributed by atoms with Gasteiger partial charge in [0.1, 0.15) is 11.8 Å². The van der Waals surface area contributed by atoms with Crippen LogP contribution in [0, 0.1) is 11.3 Å². The average molecular weight is 253 g/mol. The first-order chi connectivity index (χ1) is 9.31. The fourth-order valence-corrected chi connectivity index (χ4v) is 1.76. The molecule has 0 amide bonds. The van der Waals surface area contributed by atoms with Crippen LogP contribution in [0.15, 0.2) is 42.6 Å². The van der Waals surface area contributed by atoms with Gasteiger partial charge in [0.05, 0.1) is 12.2 Å². The van der Waals surface area contributed by atoms with Crippen molar-refractivity contribution in [2.24, 2.45) is 0 Å². The number of rotatable bonds is 5. The molecule has 0 radical (unpaired) electrons. The Kier molecular flexibility index (Phi) is 4.35. The smallest absolute Gasteiger partial charge is 0.238 e. The number of hydrogen-bond donors (Lipinski definition) is 1. The summed E-state index contributed by atoms with van der Waals surface area (Å²) < 4.78 is 5.51. The van der Waals surface area contributed by atoms with Crippen LogP contribution in [0.4, 0.5) is 5.69 Å². The summed E-state index contributed by atoms with van der Waals surface area (Å²) in [4.78, 5) is 4.03. The molecule has 1 heterocycles. The van der Waals surface area contributed by atoms with E-state index in [4.69, 9.17) is 15.7 Å². The van der Waals surface area contributed by atoms with Gasteiger partial charge in [0.25, 0.3) is 0 Å². The van der Waals surface area contributed by atoms with Gasteiger partial charge in [-0.2, -0.15) is 5.26 Å².